The van der Waals surface area contributed by atoms with Crippen molar-refractivity contribution in [2.24, 2.45) is 0 Å². The molecule has 0 N–H and O–H groups in total. The summed E-state index contributed by atoms with van der Waals surface area (Å²) >= 11 is 0. The van der Waals surface area contributed by atoms with Crippen molar-refractivity contribution in [3.05, 3.63) is 223 Å². The molecule has 2 aromatic heterocycles. The van der Waals surface area contributed by atoms with Gasteiger partial charge in [0.25, 0.3) is 0 Å². The Morgan fingerprint density at radius 3 is 1.52 bits per heavy atom. The van der Waals surface area contributed by atoms with E-state index in [1.165, 1.54) is 33.4 Å². The van der Waals surface area contributed by atoms with E-state index in [0.29, 0.717) is 17.5 Å². The Kier molecular flexibility index (Phi) is 8.80. The van der Waals surface area contributed by atoms with E-state index in [1.54, 1.807) is 0 Å². The summed E-state index contributed by atoms with van der Waals surface area (Å²) in [4.78, 5) is 15.8. The van der Waals surface area contributed by atoms with Gasteiger partial charge in [0.15, 0.2) is 17.5 Å². The second-order valence-corrected chi connectivity index (χ2v) is 17.2. The van der Waals surface area contributed by atoms with Crippen LogP contribution in [0.15, 0.2) is 217 Å². The minimum absolute atomic E-state index is 0.244. The number of benzene rings is 9. The number of furan rings is 1. The maximum Gasteiger partial charge on any atom is 0.164 e. The first-order valence-electron chi connectivity index (χ1n) is 21.8. The lowest BCUT2D eigenvalue weighted by atomic mass is 9.80. The Bertz CT molecular complexity index is 3570. The SMILES string of the molecule is CC1(C)c2ccccc2-c2cccc(-c3nc(-c4cccc(-c5ccccc5)c4)nc(-c4cccc(-c5ccc6c(c5)oc5cccc(-c7ccc(-c8ccccc8)cc7)c56)c4)n3)c21. The summed E-state index contributed by atoms with van der Waals surface area (Å²) in [5, 5.41) is 2.20. The number of hydrogen-bond acceptors (Lipinski definition) is 4. The van der Waals surface area contributed by atoms with Crippen molar-refractivity contribution < 1.29 is 4.42 Å². The lowest BCUT2D eigenvalue weighted by Gasteiger charge is -2.24. The van der Waals surface area contributed by atoms with E-state index in [1.807, 2.05) is 6.07 Å². The molecular weight excluding hydrogens is 779 g/mol. The highest BCUT2D eigenvalue weighted by Gasteiger charge is 2.38. The number of fused-ring (bicyclic) bond motifs is 6. The molecule has 0 spiro atoms. The van der Waals surface area contributed by atoms with Gasteiger partial charge in [0, 0.05) is 32.9 Å². The zero-order valence-electron chi connectivity index (χ0n) is 35.5. The molecule has 0 atom stereocenters. The van der Waals surface area contributed by atoms with Crippen molar-refractivity contribution in [1.82, 2.24) is 15.0 Å². The van der Waals surface area contributed by atoms with Crippen molar-refractivity contribution in [3.63, 3.8) is 0 Å². The molecule has 0 bridgehead atoms. The van der Waals surface area contributed by atoms with E-state index in [-0.39, 0.29) is 5.41 Å². The molecule has 64 heavy (non-hydrogen) atoms. The Morgan fingerprint density at radius 1 is 0.328 bits per heavy atom. The summed E-state index contributed by atoms with van der Waals surface area (Å²) in [7, 11) is 0. The van der Waals surface area contributed by atoms with Crippen molar-refractivity contribution in [2.45, 2.75) is 19.3 Å². The Hall–Kier alpha value is -8.21. The van der Waals surface area contributed by atoms with Crippen LogP contribution in [-0.2, 0) is 5.41 Å². The number of aromatic nitrogens is 3. The second-order valence-electron chi connectivity index (χ2n) is 17.2. The predicted octanol–water partition coefficient (Wildman–Crippen LogP) is 15.7. The van der Waals surface area contributed by atoms with Crippen molar-refractivity contribution in [2.75, 3.05) is 0 Å². The summed E-state index contributed by atoms with van der Waals surface area (Å²) in [6, 6.07) is 74.9. The van der Waals surface area contributed by atoms with E-state index in [9.17, 15) is 0 Å². The molecular formula is C60H41N3O. The average molecular weight is 820 g/mol. The predicted molar refractivity (Wildman–Crippen MR) is 263 cm³/mol. The zero-order chi connectivity index (χ0) is 42.8. The van der Waals surface area contributed by atoms with Crippen LogP contribution >= 0.6 is 0 Å². The molecule has 0 saturated heterocycles. The van der Waals surface area contributed by atoms with Crippen LogP contribution in [0.4, 0.5) is 0 Å². The van der Waals surface area contributed by atoms with E-state index >= 15 is 0 Å². The van der Waals surface area contributed by atoms with Gasteiger partial charge in [-0.05, 0) is 97.1 Å². The second kappa shape index (κ2) is 15.0. The molecule has 0 saturated carbocycles. The van der Waals surface area contributed by atoms with Gasteiger partial charge < -0.3 is 4.42 Å². The quantitative estimate of drug-likeness (QED) is 0.161. The van der Waals surface area contributed by atoms with Crippen LogP contribution in [0.3, 0.4) is 0 Å². The van der Waals surface area contributed by atoms with E-state index in [0.717, 1.165) is 72.0 Å². The van der Waals surface area contributed by atoms with Gasteiger partial charge in [-0.3, -0.25) is 0 Å². The molecule has 2 heterocycles. The monoisotopic (exact) mass is 819 g/mol. The summed E-state index contributed by atoms with van der Waals surface area (Å²) in [6.07, 6.45) is 0. The molecule has 4 nitrogen and oxygen atoms in total. The highest BCUT2D eigenvalue weighted by atomic mass is 16.3. The van der Waals surface area contributed by atoms with Gasteiger partial charge in [0.05, 0.1) is 0 Å². The first kappa shape index (κ1) is 37.5. The van der Waals surface area contributed by atoms with Crippen molar-refractivity contribution in [1.29, 1.82) is 0 Å². The third kappa shape index (κ3) is 6.34. The largest absolute Gasteiger partial charge is 0.456 e. The average Bonchev–Trinajstić information content (AvgIpc) is 3.86. The van der Waals surface area contributed by atoms with E-state index in [4.69, 9.17) is 19.4 Å². The smallest absolute Gasteiger partial charge is 0.164 e. The van der Waals surface area contributed by atoms with Crippen LogP contribution < -0.4 is 0 Å². The third-order valence-corrected chi connectivity index (χ3v) is 12.9. The zero-order valence-corrected chi connectivity index (χ0v) is 35.5. The number of nitrogens with zero attached hydrogens (tertiary/aromatic N) is 3. The van der Waals surface area contributed by atoms with Gasteiger partial charge in [0.2, 0.25) is 0 Å². The van der Waals surface area contributed by atoms with Gasteiger partial charge in [0.1, 0.15) is 11.2 Å². The minimum Gasteiger partial charge on any atom is -0.456 e. The fraction of sp³-hybridized carbons (Fsp3) is 0.0500. The summed E-state index contributed by atoms with van der Waals surface area (Å²) in [5.41, 5.74) is 18.4. The highest BCUT2D eigenvalue weighted by Crippen LogP contribution is 2.52. The van der Waals surface area contributed by atoms with Gasteiger partial charge in [-0.1, -0.05) is 196 Å². The molecule has 1 aliphatic rings. The Balaban J connectivity index is 0.962. The van der Waals surface area contributed by atoms with Crippen molar-refractivity contribution >= 4 is 21.9 Å². The van der Waals surface area contributed by atoms with Gasteiger partial charge in [-0.25, -0.2) is 15.0 Å². The Labute approximate surface area is 372 Å². The van der Waals surface area contributed by atoms with Gasteiger partial charge >= 0.3 is 0 Å². The highest BCUT2D eigenvalue weighted by molar-refractivity contribution is 6.13. The number of hydrogen-bond donors (Lipinski definition) is 0. The Morgan fingerprint density at radius 2 is 0.797 bits per heavy atom. The van der Waals surface area contributed by atoms with Crippen molar-refractivity contribution in [3.8, 4) is 89.8 Å². The van der Waals surface area contributed by atoms with Crippen LogP contribution in [0.5, 0.6) is 0 Å². The maximum absolute atomic E-state index is 6.60. The molecule has 0 amide bonds. The van der Waals surface area contributed by atoms with Crippen LogP contribution in [-0.4, -0.2) is 15.0 Å². The maximum atomic E-state index is 6.60. The fourth-order valence-electron chi connectivity index (χ4n) is 9.81. The standard InChI is InChI=1S/C60H41N3O/c1-60(2)52-27-10-9-23-48(52)49-25-13-26-51(56(49)60)59-62-57(45-21-11-19-42(35-45)39-17-7-4-8-18-39)61-58(63-59)46-22-12-20-43(36-46)44-33-34-50-54(37-44)64-53-28-14-24-47(55(50)53)41-31-29-40(30-32-41)38-15-5-3-6-16-38/h3-37H,1-2H3. The molecule has 302 valence electrons. The molecule has 0 aliphatic heterocycles. The molecule has 0 unspecified atom stereocenters. The molecule has 1 aliphatic carbocycles. The van der Waals surface area contributed by atoms with Crippen LogP contribution in [0.2, 0.25) is 0 Å². The number of rotatable bonds is 7. The molecule has 12 rings (SSSR count). The lowest BCUT2D eigenvalue weighted by Crippen LogP contribution is -2.17. The molecule has 11 aromatic rings. The summed E-state index contributed by atoms with van der Waals surface area (Å²) in [5.74, 6) is 1.90. The minimum atomic E-state index is -0.244. The fourth-order valence-corrected chi connectivity index (χ4v) is 9.81. The van der Waals surface area contributed by atoms with E-state index < -0.39 is 0 Å². The normalized spacial score (nSPS) is 12.7. The van der Waals surface area contributed by atoms with Crippen LogP contribution in [0.25, 0.3) is 112 Å². The topological polar surface area (TPSA) is 51.8 Å². The van der Waals surface area contributed by atoms with Crippen LogP contribution in [0, 0.1) is 0 Å². The van der Waals surface area contributed by atoms with Crippen LogP contribution in [0.1, 0.15) is 25.0 Å². The first-order chi connectivity index (χ1) is 31.5. The summed E-state index contributed by atoms with van der Waals surface area (Å²) in [6.45, 7) is 4.61. The van der Waals surface area contributed by atoms with Gasteiger partial charge in [-0.2, -0.15) is 0 Å². The molecule has 9 aromatic carbocycles. The third-order valence-electron chi connectivity index (χ3n) is 12.9. The lowest BCUT2D eigenvalue weighted by molar-refractivity contribution is 0.661. The first-order valence-corrected chi connectivity index (χ1v) is 21.8. The molecule has 0 fully saturated rings. The molecule has 4 heteroatoms. The van der Waals surface area contributed by atoms with Gasteiger partial charge in [-0.15, -0.1) is 0 Å². The molecule has 0 radical (unpaired) electrons. The summed E-state index contributed by atoms with van der Waals surface area (Å²) < 4.78 is 6.60. The van der Waals surface area contributed by atoms with E-state index in [2.05, 4.69) is 220 Å².